The van der Waals surface area contributed by atoms with E-state index < -0.39 is 7.37 Å². The van der Waals surface area contributed by atoms with Crippen LogP contribution in [0.5, 0.6) is 0 Å². The van der Waals surface area contributed by atoms with Crippen LogP contribution in [0, 0.1) is 0 Å². The second-order valence-electron chi connectivity index (χ2n) is 3.45. The third-order valence-electron chi connectivity index (χ3n) is 1.95. The zero-order valence-corrected chi connectivity index (χ0v) is 10.1. The highest BCUT2D eigenvalue weighted by Crippen LogP contribution is 2.47. The van der Waals surface area contributed by atoms with Gasteiger partial charge in [0, 0.05) is 12.3 Å². The molecule has 0 radical (unpaired) electrons. The predicted octanol–water partition coefficient (Wildman–Crippen LogP) is 3.90. The summed E-state index contributed by atoms with van der Waals surface area (Å²) < 4.78 is 17.6. The summed E-state index contributed by atoms with van der Waals surface area (Å²) in [6.07, 6.45) is 5.57. The number of rotatable bonds is 8. The molecule has 80 valence electrons. The van der Waals surface area contributed by atoms with E-state index in [-0.39, 0.29) is 0 Å². The Morgan fingerprint density at radius 3 is 1.92 bits per heavy atom. The van der Waals surface area contributed by atoms with Crippen LogP contribution in [0.3, 0.4) is 0 Å². The molecule has 0 fully saturated rings. The topological polar surface area (TPSA) is 26.3 Å². The van der Waals surface area contributed by atoms with Gasteiger partial charge in [0.25, 0.3) is 0 Å². The van der Waals surface area contributed by atoms with E-state index in [1.54, 1.807) is 0 Å². The Morgan fingerprint density at radius 2 is 1.54 bits per heavy atom. The summed E-state index contributed by atoms with van der Waals surface area (Å²) in [6, 6.07) is 0. The van der Waals surface area contributed by atoms with Gasteiger partial charge in [-0.15, -0.1) is 0 Å². The monoisotopic (exact) mass is 206 g/mol. The summed E-state index contributed by atoms with van der Waals surface area (Å²) in [4.78, 5) is 0. The lowest BCUT2D eigenvalue weighted by atomic mass is 10.4. The maximum absolute atomic E-state index is 12.1. The van der Waals surface area contributed by atoms with Gasteiger partial charge in [0.2, 0.25) is 7.37 Å². The zero-order valence-electron chi connectivity index (χ0n) is 9.21. The summed E-state index contributed by atoms with van der Waals surface area (Å²) >= 11 is 0. The molecule has 0 atom stereocenters. The SMILES string of the molecule is CCCCOP(=O)(CCC)CCC. The first-order valence-electron chi connectivity index (χ1n) is 5.41. The maximum atomic E-state index is 12.1. The minimum Gasteiger partial charge on any atom is -0.328 e. The molecule has 0 N–H and O–H groups in total. The van der Waals surface area contributed by atoms with Crippen molar-refractivity contribution in [1.82, 2.24) is 0 Å². The Kier molecular flexibility index (Phi) is 7.69. The molecule has 0 aliphatic carbocycles. The number of hydrogen-bond acceptors (Lipinski definition) is 2. The fourth-order valence-corrected chi connectivity index (χ4v) is 3.60. The van der Waals surface area contributed by atoms with Crippen LogP contribution < -0.4 is 0 Å². The van der Waals surface area contributed by atoms with Crippen LogP contribution in [0.25, 0.3) is 0 Å². The van der Waals surface area contributed by atoms with Gasteiger partial charge in [0.15, 0.2) is 0 Å². The fourth-order valence-electron chi connectivity index (χ4n) is 1.30. The smallest absolute Gasteiger partial charge is 0.203 e. The Bertz CT molecular complexity index is 147. The van der Waals surface area contributed by atoms with Crippen molar-refractivity contribution in [2.45, 2.75) is 46.5 Å². The largest absolute Gasteiger partial charge is 0.328 e. The van der Waals surface area contributed by atoms with Crippen LogP contribution in [-0.2, 0) is 9.09 Å². The molecule has 0 rings (SSSR count). The third-order valence-corrected chi connectivity index (χ3v) is 4.86. The summed E-state index contributed by atoms with van der Waals surface area (Å²) in [5.41, 5.74) is 0. The average Bonchev–Trinajstić information content (AvgIpc) is 2.05. The second-order valence-corrected chi connectivity index (χ2v) is 6.23. The average molecular weight is 206 g/mol. The Hall–Kier alpha value is 0.190. The normalized spacial score (nSPS) is 11.9. The van der Waals surface area contributed by atoms with E-state index in [0.29, 0.717) is 6.61 Å². The lowest BCUT2D eigenvalue weighted by molar-refractivity contribution is 0.305. The highest BCUT2D eigenvalue weighted by molar-refractivity contribution is 7.58. The zero-order chi connectivity index (χ0) is 10.2. The molecule has 0 aromatic carbocycles. The molecular weight excluding hydrogens is 183 g/mol. The molecular formula is C10H23O2P. The van der Waals surface area contributed by atoms with Gasteiger partial charge in [-0.25, -0.2) is 0 Å². The van der Waals surface area contributed by atoms with Gasteiger partial charge < -0.3 is 4.52 Å². The molecule has 0 saturated heterocycles. The Balaban J connectivity index is 3.85. The summed E-state index contributed by atoms with van der Waals surface area (Å²) in [7, 11) is -2.25. The fraction of sp³-hybridized carbons (Fsp3) is 1.00. The summed E-state index contributed by atoms with van der Waals surface area (Å²) in [6.45, 7) is 6.92. The first-order chi connectivity index (χ1) is 6.18. The molecule has 0 aliphatic heterocycles. The van der Waals surface area contributed by atoms with Crippen LogP contribution in [0.2, 0.25) is 0 Å². The Labute approximate surface area is 82.5 Å². The van der Waals surface area contributed by atoms with Crippen molar-refractivity contribution in [1.29, 1.82) is 0 Å². The van der Waals surface area contributed by atoms with Gasteiger partial charge in [-0.3, -0.25) is 4.57 Å². The number of hydrogen-bond donors (Lipinski definition) is 0. The van der Waals surface area contributed by atoms with Gasteiger partial charge in [-0.1, -0.05) is 27.2 Å². The highest BCUT2D eigenvalue weighted by atomic mass is 31.2. The van der Waals surface area contributed by atoms with E-state index >= 15 is 0 Å². The molecule has 0 amide bonds. The van der Waals surface area contributed by atoms with Crippen LogP contribution in [-0.4, -0.2) is 18.9 Å². The van der Waals surface area contributed by atoms with E-state index in [4.69, 9.17) is 4.52 Å². The highest BCUT2D eigenvalue weighted by Gasteiger charge is 2.19. The van der Waals surface area contributed by atoms with Crippen molar-refractivity contribution < 1.29 is 9.09 Å². The minimum atomic E-state index is -2.25. The lowest BCUT2D eigenvalue weighted by Crippen LogP contribution is -2.00. The predicted molar refractivity (Wildman–Crippen MR) is 58.8 cm³/mol. The van der Waals surface area contributed by atoms with Crippen molar-refractivity contribution >= 4 is 7.37 Å². The molecule has 0 bridgehead atoms. The van der Waals surface area contributed by atoms with E-state index in [9.17, 15) is 4.57 Å². The lowest BCUT2D eigenvalue weighted by Gasteiger charge is -2.16. The van der Waals surface area contributed by atoms with Crippen molar-refractivity contribution in [3.05, 3.63) is 0 Å². The molecule has 3 heteroatoms. The van der Waals surface area contributed by atoms with Gasteiger partial charge in [0.1, 0.15) is 0 Å². The van der Waals surface area contributed by atoms with Gasteiger partial charge >= 0.3 is 0 Å². The van der Waals surface area contributed by atoms with Crippen molar-refractivity contribution in [3.8, 4) is 0 Å². The van der Waals surface area contributed by atoms with E-state index in [2.05, 4.69) is 20.8 Å². The molecule has 13 heavy (non-hydrogen) atoms. The second kappa shape index (κ2) is 7.58. The van der Waals surface area contributed by atoms with Crippen molar-refractivity contribution in [2.24, 2.45) is 0 Å². The van der Waals surface area contributed by atoms with Crippen LogP contribution in [0.15, 0.2) is 0 Å². The summed E-state index contributed by atoms with van der Waals surface area (Å²) in [5, 5.41) is 0. The quantitative estimate of drug-likeness (QED) is 0.444. The molecule has 0 heterocycles. The van der Waals surface area contributed by atoms with Gasteiger partial charge in [-0.2, -0.15) is 0 Å². The van der Waals surface area contributed by atoms with Gasteiger partial charge in [-0.05, 0) is 19.3 Å². The van der Waals surface area contributed by atoms with E-state index in [1.807, 2.05) is 0 Å². The maximum Gasteiger partial charge on any atom is 0.203 e. The molecule has 0 aliphatic rings. The van der Waals surface area contributed by atoms with Gasteiger partial charge in [0.05, 0.1) is 6.61 Å². The first-order valence-corrected chi connectivity index (χ1v) is 7.40. The van der Waals surface area contributed by atoms with Crippen molar-refractivity contribution in [2.75, 3.05) is 18.9 Å². The van der Waals surface area contributed by atoms with E-state index in [0.717, 1.165) is 38.0 Å². The minimum absolute atomic E-state index is 0.674. The molecule has 0 unspecified atom stereocenters. The molecule has 2 nitrogen and oxygen atoms in total. The molecule has 0 aromatic heterocycles. The van der Waals surface area contributed by atoms with Crippen LogP contribution in [0.4, 0.5) is 0 Å². The third kappa shape index (κ3) is 6.29. The first kappa shape index (κ1) is 13.2. The van der Waals surface area contributed by atoms with Crippen molar-refractivity contribution in [3.63, 3.8) is 0 Å². The molecule has 0 spiro atoms. The van der Waals surface area contributed by atoms with E-state index in [1.165, 1.54) is 0 Å². The van der Waals surface area contributed by atoms with Crippen LogP contribution in [0.1, 0.15) is 46.5 Å². The Morgan fingerprint density at radius 1 is 1.00 bits per heavy atom. The number of unbranched alkanes of at least 4 members (excludes halogenated alkanes) is 1. The van der Waals surface area contributed by atoms with Crippen LogP contribution >= 0.6 is 7.37 Å². The molecule has 0 aromatic rings. The standard InChI is InChI=1S/C10H23O2P/c1-4-7-8-12-13(11,9-5-2)10-6-3/h4-10H2,1-3H3. The summed E-state index contributed by atoms with van der Waals surface area (Å²) in [5.74, 6) is 0. The molecule has 0 saturated carbocycles.